The largest absolute Gasteiger partial charge is 0.480 e. The molecular formula is C12H13NO2S. The molecule has 1 aromatic rings. The Kier molecular flexibility index (Phi) is 2.23. The summed E-state index contributed by atoms with van der Waals surface area (Å²) in [5.74, 6) is -0.0855. The Morgan fingerprint density at radius 3 is 3.06 bits per heavy atom. The van der Waals surface area contributed by atoms with Gasteiger partial charge in [0.2, 0.25) is 0 Å². The normalized spacial score (nSPS) is 31.9. The summed E-state index contributed by atoms with van der Waals surface area (Å²) in [7, 11) is 0. The molecule has 0 bridgehead atoms. The van der Waals surface area contributed by atoms with Crippen LogP contribution in [0.2, 0.25) is 0 Å². The number of thioether (sulfide) groups is 1. The molecule has 3 rings (SSSR count). The van der Waals surface area contributed by atoms with E-state index in [1.807, 2.05) is 12.1 Å². The predicted molar refractivity (Wildman–Crippen MR) is 63.5 cm³/mol. The molecule has 2 aliphatic rings. The van der Waals surface area contributed by atoms with Crippen LogP contribution in [-0.4, -0.2) is 22.9 Å². The highest BCUT2D eigenvalue weighted by Gasteiger charge is 2.46. The van der Waals surface area contributed by atoms with Crippen LogP contribution in [0.1, 0.15) is 17.5 Å². The van der Waals surface area contributed by atoms with Crippen molar-refractivity contribution in [1.82, 2.24) is 5.32 Å². The van der Waals surface area contributed by atoms with Crippen LogP contribution in [0.5, 0.6) is 0 Å². The van der Waals surface area contributed by atoms with E-state index < -0.39 is 12.0 Å². The lowest BCUT2D eigenvalue weighted by molar-refractivity contribution is -0.138. The second-order valence-corrected chi connectivity index (χ2v) is 5.65. The van der Waals surface area contributed by atoms with Gasteiger partial charge in [-0.1, -0.05) is 24.3 Å². The van der Waals surface area contributed by atoms with Crippen molar-refractivity contribution in [2.45, 2.75) is 23.8 Å². The van der Waals surface area contributed by atoms with E-state index in [1.165, 1.54) is 11.1 Å². The molecule has 1 heterocycles. The molecule has 16 heavy (non-hydrogen) atoms. The Morgan fingerprint density at radius 2 is 2.31 bits per heavy atom. The van der Waals surface area contributed by atoms with Gasteiger partial charge in [0.15, 0.2) is 0 Å². The molecule has 1 spiro atoms. The van der Waals surface area contributed by atoms with Gasteiger partial charge in [0.05, 0.1) is 4.87 Å². The van der Waals surface area contributed by atoms with E-state index in [0.717, 1.165) is 12.8 Å². The fraction of sp³-hybridized carbons (Fsp3) is 0.417. The molecule has 1 aromatic carbocycles. The fourth-order valence-electron chi connectivity index (χ4n) is 2.60. The van der Waals surface area contributed by atoms with Crippen molar-refractivity contribution >= 4 is 17.7 Å². The lowest BCUT2D eigenvalue weighted by atomic mass is 10.1. The number of aryl methyl sites for hydroxylation is 1. The van der Waals surface area contributed by atoms with Gasteiger partial charge in [-0.05, 0) is 24.0 Å². The summed E-state index contributed by atoms with van der Waals surface area (Å²) < 4.78 is 0. The molecule has 0 saturated carbocycles. The molecule has 3 nitrogen and oxygen atoms in total. The number of benzene rings is 1. The summed E-state index contributed by atoms with van der Waals surface area (Å²) >= 11 is 1.74. The van der Waals surface area contributed by atoms with Crippen LogP contribution >= 0.6 is 11.8 Å². The molecule has 2 unspecified atom stereocenters. The summed E-state index contributed by atoms with van der Waals surface area (Å²) in [6.07, 6.45) is 2.04. The highest BCUT2D eigenvalue weighted by molar-refractivity contribution is 8.00. The first-order chi connectivity index (χ1) is 7.71. The minimum atomic E-state index is -0.742. The van der Waals surface area contributed by atoms with E-state index in [1.54, 1.807) is 11.8 Å². The first-order valence-corrected chi connectivity index (χ1v) is 6.43. The number of carbonyl (C=O) groups is 1. The maximum absolute atomic E-state index is 11.0. The highest BCUT2D eigenvalue weighted by atomic mass is 32.2. The number of hydrogen-bond donors (Lipinski definition) is 2. The van der Waals surface area contributed by atoms with Crippen molar-refractivity contribution in [3.05, 3.63) is 35.4 Å². The van der Waals surface area contributed by atoms with Crippen LogP contribution in [0.15, 0.2) is 24.3 Å². The lowest BCUT2D eigenvalue weighted by Crippen LogP contribution is -2.42. The van der Waals surface area contributed by atoms with Crippen molar-refractivity contribution in [2.24, 2.45) is 0 Å². The number of hydrogen-bond acceptors (Lipinski definition) is 3. The first-order valence-electron chi connectivity index (χ1n) is 5.44. The topological polar surface area (TPSA) is 49.3 Å². The standard InChI is InChI=1S/C12H13NO2S/c14-11(15)10-7-16-12(13-10)6-5-8-3-1-2-4-9(8)12/h1-4,10,13H,5-7H2,(H,14,15). The summed E-state index contributed by atoms with van der Waals surface area (Å²) in [6, 6.07) is 7.93. The molecule has 1 fully saturated rings. The fourth-order valence-corrected chi connectivity index (χ4v) is 4.10. The maximum atomic E-state index is 11.0. The predicted octanol–water partition coefficient (Wildman–Crippen LogP) is 1.58. The van der Waals surface area contributed by atoms with Gasteiger partial charge in [-0.25, -0.2) is 0 Å². The quantitative estimate of drug-likeness (QED) is 0.776. The van der Waals surface area contributed by atoms with Crippen LogP contribution in [0, 0.1) is 0 Å². The third kappa shape index (κ3) is 1.37. The molecule has 1 saturated heterocycles. The van der Waals surface area contributed by atoms with E-state index in [-0.39, 0.29) is 4.87 Å². The van der Waals surface area contributed by atoms with Crippen LogP contribution in [0.25, 0.3) is 0 Å². The molecule has 1 aliphatic carbocycles. The number of fused-ring (bicyclic) bond motifs is 2. The van der Waals surface area contributed by atoms with Gasteiger partial charge in [-0.2, -0.15) is 0 Å². The Labute approximate surface area is 98.2 Å². The average molecular weight is 235 g/mol. The van der Waals surface area contributed by atoms with Crippen molar-refractivity contribution in [2.75, 3.05) is 5.75 Å². The number of rotatable bonds is 1. The summed E-state index contributed by atoms with van der Waals surface area (Å²) in [5, 5.41) is 12.3. The monoisotopic (exact) mass is 235 g/mol. The minimum Gasteiger partial charge on any atom is -0.480 e. The number of nitrogens with one attached hydrogen (secondary N) is 1. The van der Waals surface area contributed by atoms with E-state index in [2.05, 4.69) is 17.4 Å². The van der Waals surface area contributed by atoms with Crippen molar-refractivity contribution < 1.29 is 9.90 Å². The Bertz CT molecular complexity index is 448. The van der Waals surface area contributed by atoms with Crippen molar-refractivity contribution in [3.8, 4) is 0 Å². The molecule has 4 heteroatoms. The van der Waals surface area contributed by atoms with E-state index in [4.69, 9.17) is 5.11 Å². The molecule has 2 N–H and O–H groups in total. The lowest BCUT2D eigenvalue weighted by Gasteiger charge is -2.24. The van der Waals surface area contributed by atoms with E-state index >= 15 is 0 Å². The number of aliphatic carboxylic acids is 1. The van der Waals surface area contributed by atoms with Gasteiger partial charge in [0, 0.05) is 5.75 Å². The van der Waals surface area contributed by atoms with Crippen molar-refractivity contribution in [3.63, 3.8) is 0 Å². The van der Waals surface area contributed by atoms with Gasteiger partial charge in [0.25, 0.3) is 0 Å². The molecule has 0 aromatic heterocycles. The Balaban J connectivity index is 1.95. The second-order valence-electron chi connectivity index (χ2n) is 4.33. The number of carboxylic acids is 1. The van der Waals surface area contributed by atoms with E-state index in [9.17, 15) is 4.79 Å². The van der Waals surface area contributed by atoms with Gasteiger partial charge >= 0.3 is 5.97 Å². The van der Waals surface area contributed by atoms with E-state index in [0.29, 0.717) is 5.75 Å². The minimum absolute atomic E-state index is 0.139. The van der Waals surface area contributed by atoms with Gasteiger partial charge in [-0.3, -0.25) is 10.1 Å². The summed E-state index contributed by atoms with van der Waals surface area (Å²) in [5.41, 5.74) is 2.64. The molecular weight excluding hydrogens is 222 g/mol. The Hall–Kier alpha value is -1.00. The van der Waals surface area contributed by atoms with Gasteiger partial charge in [-0.15, -0.1) is 11.8 Å². The third-order valence-electron chi connectivity index (χ3n) is 3.40. The van der Waals surface area contributed by atoms with Gasteiger partial charge < -0.3 is 5.11 Å². The first kappa shape index (κ1) is 10.2. The van der Waals surface area contributed by atoms with Crippen LogP contribution in [0.3, 0.4) is 0 Å². The second kappa shape index (κ2) is 3.50. The third-order valence-corrected chi connectivity index (χ3v) is 4.94. The zero-order chi connectivity index (χ0) is 11.2. The smallest absolute Gasteiger partial charge is 0.321 e. The molecule has 1 aliphatic heterocycles. The van der Waals surface area contributed by atoms with Crippen LogP contribution in [0.4, 0.5) is 0 Å². The van der Waals surface area contributed by atoms with Crippen LogP contribution in [-0.2, 0) is 16.1 Å². The summed E-state index contributed by atoms with van der Waals surface area (Å²) in [6.45, 7) is 0. The van der Waals surface area contributed by atoms with Crippen LogP contribution < -0.4 is 5.32 Å². The molecule has 0 radical (unpaired) electrons. The summed E-state index contributed by atoms with van der Waals surface area (Å²) in [4.78, 5) is 10.8. The Morgan fingerprint density at radius 1 is 1.50 bits per heavy atom. The highest BCUT2D eigenvalue weighted by Crippen LogP contribution is 2.48. The van der Waals surface area contributed by atoms with Gasteiger partial charge in [0.1, 0.15) is 6.04 Å². The molecule has 2 atom stereocenters. The maximum Gasteiger partial charge on any atom is 0.321 e. The SMILES string of the molecule is O=C(O)C1CSC2(CCc3ccccc32)N1. The molecule has 84 valence electrons. The molecule has 0 amide bonds. The van der Waals surface area contributed by atoms with Crippen molar-refractivity contribution in [1.29, 1.82) is 0 Å². The average Bonchev–Trinajstić information content (AvgIpc) is 2.87. The number of carboxylic acid groups (broad SMARTS) is 1. The zero-order valence-electron chi connectivity index (χ0n) is 8.77. The zero-order valence-corrected chi connectivity index (χ0v) is 9.59.